The van der Waals surface area contributed by atoms with E-state index in [2.05, 4.69) is 28.0 Å². The Hall–Kier alpha value is -2.39. The van der Waals surface area contributed by atoms with Crippen molar-refractivity contribution < 1.29 is 14.3 Å². The molecule has 0 atom stereocenters. The lowest BCUT2D eigenvalue weighted by Crippen LogP contribution is -2.44. The molecule has 2 aromatic rings. The number of anilines is 1. The maximum atomic E-state index is 12.5. The van der Waals surface area contributed by atoms with Gasteiger partial charge in [0.25, 0.3) is 0 Å². The van der Waals surface area contributed by atoms with Crippen molar-refractivity contribution in [3.63, 3.8) is 0 Å². The van der Waals surface area contributed by atoms with Crippen LogP contribution in [0.1, 0.15) is 43.9 Å². The number of aryl methyl sites for hydroxylation is 2. The predicted molar refractivity (Wildman–Crippen MR) is 115 cm³/mol. The average molecular weight is 417 g/mol. The third-order valence-corrected chi connectivity index (χ3v) is 5.94. The van der Waals surface area contributed by atoms with Gasteiger partial charge in [-0.05, 0) is 39.5 Å². The molecule has 4 rings (SSSR count). The Balaban J connectivity index is 1.54. The maximum Gasteiger partial charge on any atom is 0.315 e. The lowest BCUT2D eigenvalue weighted by Gasteiger charge is -2.27. The van der Waals surface area contributed by atoms with Gasteiger partial charge in [0.05, 0.1) is 17.3 Å². The van der Waals surface area contributed by atoms with Crippen molar-refractivity contribution >= 4 is 22.8 Å². The smallest absolute Gasteiger partial charge is 0.315 e. The van der Waals surface area contributed by atoms with E-state index < -0.39 is 0 Å². The minimum absolute atomic E-state index is 0.150. The first-order chi connectivity index (χ1) is 14.7. The van der Waals surface area contributed by atoms with Gasteiger partial charge in [0.2, 0.25) is 0 Å². The molecule has 0 spiro atoms. The highest BCUT2D eigenvalue weighted by molar-refractivity contribution is 5.91. The SMILES string of the molecule is CCn1ncc2c(NC3CCOCC3)c(CNC(=O)NC3CCOCC3)c(C)nc21. The molecule has 9 nitrogen and oxygen atoms in total. The molecule has 4 heterocycles. The molecule has 9 heteroatoms. The monoisotopic (exact) mass is 416 g/mol. The Morgan fingerprint density at radius 1 is 1.13 bits per heavy atom. The quantitative estimate of drug-likeness (QED) is 0.668. The van der Waals surface area contributed by atoms with E-state index in [-0.39, 0.29) is 12.1 Å². The second kappa shape index (κ2) is 9.61. The third kappa shape index (κ3) is 4.67. The summed E-state index contributed by atoms with van der Waals surface area (Å²) in [5.41, 5.74) is 3.81. The van der Waals surface area contributed by atoms with Gasteiger partial charge in [0.1, 0.15) is 0 Å². The highest BCUT2D eigenvalue weighted by Crippen LogP contribution is 2.30. The first kappa shape index (κ1) is 20.9. The molecule has 0 aliphatic carbocycles. The highest BCUT2D eigenvalue weighted by Gasteiger charge is 2.22. The molecule has 2 fully saturated rings. The van der Waals surface area contributed by atoms with Crippen LogP contribution in [0.5, 0.6) is 0 Å². The first-order valence-electron chi connectivity index (χ1n) is 11.0. The number of nitrogens with one attached hydrogen (secondary N) is 3. The Morgan fingerprint density at radius 2 is 1.80 bits per heavy atom. The van der Waals surface area contributed by atoms with Crippen molar-refractivity contribution in [1.29, 1.82) is 0 Å². The van der Waals surface area contributed by atoms with Crippen LogP contribution < -0.4 is 16.0 Å². The third-order valence-electron chi connectivity index (χ3n) is 5.94. The highest BCUT2D eigenvalue weighted by atomic mass is 16.5. The maximum absolute atomic E-state index is 12.5. The average Bonchev–Trinajstić information content (AvgIpc) is 3.17. The minimum atomic E-state index is -0.150. The van der Waals surface area contributed by atoms with Gasteiger partial charge in [-0.2, -0.15) is 5.10 Å². The molecule has 2 aliphatic rings. The van der Waals surface area contributed by atoms with E-state index in [4.69, 9.17) is 14.5 Å². The van der Waals surface area contributed by atoms with Gasteiger partial charge >= 0.3 is 6.03 Å². The summed E-state index contributed by atoms with van der Waals surface area (Å²) in [6.07, 6.45) is 5.50. The second-order valence-electron chi connectivity index (χ2n) is 7.99. The Morgan fingerprint density at radius 3 is 2.47 bits per heavy atom. The number of amides is 2. The van der Waals surface area contributed by atoms with E-state index in [0.717, 1.165) is 73.4 Å². The van der Waals surface area contributed by atoms with Crippen molar-refractivity contribution in [2.45, 2.75) is 64.7 Å². The number of fused-ring (bicyclic) bond motifs is 1. The zero-order chi connectivity index (χ0) is 20.9. The van der Waals surface area contributed by atoms with E-state index in [1.165, 1.54) is 0 Å². The van der Waals surface area contributed by atoms with Crippen molar-refractivity contribution in [3.8, 4) is 0 Å². The summed E-state index contributed by atoms with van der Waals surface area (Å²) in [4.78, 5) is 17.3. The summed E-state index contributed by atoms with van der Waals surface area (Å²) >= 11 is 0. The lowest BCUT2D eigenvalue weighted by molar-refractivity contribution is 0.0801. The number of urea groups is 1. The molecule has 0 unspecified atom stereocenters. The van der Waals surface area contributed by atoms with Crippen LogP contribution in [0.15, 0.2) is 6.20 Å². The number of ether oxygens (including phenoxy) is 2. The van der Waals surface area contributed by atoms with Crippen LogP contribution >= 0.6 is 0 Å². The molecular weight excluding hydrogens is 384 g/mol. The van der Waals surface area contributed by atoms with E-state index >= 15 is 0 Å². The van der Waals surface area contributed by atoms with Crippen LogP contribution in [0.4, 0.5) is 10.5 Å². The number of hydrogen-bond donors (Lipinski definition) is 3. The van der Waals surface area contributed by atoms with Gasteiger partial charge in [-0.15, -0.1) is 0 Å². The molecule has 2 amide bonds. The van der Waals surface area contributed by atoms with Gasteiger partial charge < -0.3 is 25.4 Å². The molecule has 0 saturated carbocycles. The van der Waals surface area contributed by atoms with Crippen molar-refractivity contribution in [2.24, 2.45) is 0 Å². The van der Waals surface area contributed by atoms with Crippen molar-refractivity contribution in [3.05, 3.63) is 17.5 Å². The van der Waals surface area contributed by atoms with Gasteiger partial charge in [-0.1, -0.05) is 0 Å². The molecule has 164 valence electrons. The van der Waals surface area contributed by atoms with Gasteiger partial charge in [0, 0.05) is 62.9 Å². The van der Waals surface area contributed by atoms with Crippen LogP contribution in [-0.2, 0) is 22.6 Å². The number of hydrogen-bond acceptors (Lipinski definition) is 6. The van der Waals surface area contributed by atoms with Crippen molar-refractivity contribution in [1.82, 2.24) is 25.4 Å². The number of pyridine rings is 1. The van der Waals surface area contributed by atoms with E-state index in [1.54, 1.807) is 0 Å². The molecule has 0 bridgehead atoms. The number of rotatable bonds is 6. The Kier molecular flexibility index (Phi) is 6.69. The predicted octanol–water partition coefficient (Wildman–Crippen LogP) is 2.33. The van der Waals surface area contributed by atoms with Gasteiger partial charge in [0.15, 0.2) is 5.65 Å². The Bertz CT molecular complexity index is 871. The molecule has 3 N–H and O–H groups in total. The van der Waals surface area contributed by atoms with E-state index in [9.17, 15) is 4.79 Å². The summed E-state index contributed by atoms with van der Waals surface area (Å²) in [7, 11) is 0. The number of aromatic nitrogens is 3. The number of nitrogens with zero attached hydrogens (tertiary/aromatic N) is 3. The van der Waals surface area contributed by atoms with E-state index in [0.29, 0.717) is 25.8 Å². The Labute approximate surface area is 176 Å². The second-order valence-corrected chi connectivity index (χ2v) is 7.99. The van der Waals surface area contributed by atoms with Crippen LogP contribution in [0.2, 0.25) is 0 Å². The van der Waals surface area contributed by atoms with Crippen LogP contribution in [0.25, 0.3) is 11.0 Å². The molecule has 0 aromatic carbocycles. The summed E-state index contributed by atoms with van der Waals surface area (Å²) in [5.74, 6) is 0. The number of carbonyl (C=O) groups excluding carboxylic acids is 1. The molecular formula is C21H32N6O3. The number of carbonyl (C=O) groups is 1. The zero-order valence-electron chi connectivity index (χ0n) is 17.9. The lowest BCUT2D eigenvalue weighted by atomic mass is 10.0. The fourth-order valence-electron chi connectivity index (χ4n) is 4.15. The molecule has 2 saturated heterocycles. The largest absolute Gasteiger partial charge is 0.381 e. The molecule has 2 aliphatic heterocycles. The van der Waals surface area contributed by atoms with Crippen LogP contribution in [0.3, 0.4) is 0 Å². The van der Waals surface area contributed by atoms with Crippen molar-refractivity contribution in [2.75, 3.05) is 31.7 Å². The van der Waals surface area contributed by atoms with Gasteiger partial charge in [-0.25, -0.2) is 14.5 Å². The fourth-order valence-corrected chi connectivity index (χ4v) is 4.15. The standard InChI is InChI=1S/C21H32N6O3/c1-3-27-20-18(13-23-27)19(25-15-4-8-29-9-5-15)17(14(2)24-20)12-22-21(28)26-16-6-10-30-11-7-16/h13,15-16H,3-12H2,1-2H3,(H,24,25)(H2,22,26,28). The summed E-state index contributed by atoms with van der Waals surface area (Å²) < 4.78 is 12.8. The zero-order valence-corrected chi connectivity index (χ0v) is 17.9. The molecule has 0 radical (unpaired) electrons. The molecule has 2 aromatic heterocycles. The fraction of sp³-hybridized carbons (Fsp3) is 0.667. The van der Waals surface area contributed by atoms with Gasteiger partial charge in [-0.3, -0.25) is 0 Å². The minimum Gasteiger partial charge on any atom is -0.381 e. The van der Waals surface area contributed by atoms with E-state index in [1.807, 2.05) is 17.8 Å². The van der Waals surface area contributed by atoms with Crippen LogP contribution in [-0.4, -0.2) is 59.3 Å². The summed E-state index contributed by atoms with van der Waals surface area (Å²) in [5, 5.41) is 15.3. The summed E-state index contributed by atoms with van der Waals surface area (Å²) in [6, 6.07) is 0.356. The first-order valence-corrected chi connectivity index (χ1v) is 11.0. The normalized spacial score (nSPS) is 18.5. The topological polar surface area (TPSA) is 102 Å². The summed E-state index contributed by atoms with van der Waals surface area (Å²) in [6.45, 7) is 8.15. The van der Waals surface area contributed by atoms with Crippen LogP contribution in [0, 0.1) is 6.92 Å². The molecule has 30 heavy (non-hydrogen) atoms.